The van der Waals surface area contributed by atoms with Gasteiger partial charge in [0.05, 0.1) is 11.6 Å². The van der Waals surface area contributed by atoms with Crippen molar-refractivity contribution in [3.8, 4) is 0 Å². The molecule has 1 aromatic heterocycles. The molecule has 2 atom stereocenters. The van der Waals surface area contributed by atoms with E-state index in [-0.39, 0.29) is 0 Å². The Labute approximate surface area is 129 Å². The molecule has 0 aliphatic carbocycles. The number of pyridine rings is 1. The number of carboxylic acid groups (broad SMARTS) is 1. The van der Waals surface area contributed by atoms with Crippen LogP contribution in [0.2, 0.25) is 0 Å². The van der Waals surface area contributed by atoms with E-state index in [0.29, 0.717) is 18.5 Å². The average molecular weight is 300 g/mol. The Hall–Kier alpha value is -2.14. The van der Waals surface area contributed by atoms with Gasteiger partial charge in [-0.1, -0.05) is 18.2 Å². The molecular formula is C17H20N2O3. The molecule has 0 saturated carbocycles. The maximum atomic E-state index is 11.3. The Bertz CT molecular complexity index is 729. The zero-order valence-corrected chi connectivity index (χ0v) is 12.8. The standard InChI is InChI=1S/C17H20N2O3/c1-10-9-12-5-3-6-13(15(12)18-11(10)2)16(20)14-7-4-8-19(14)17(21)22/h3,5-6,9,14,16,20H,4,7-8H2,1-2H3,(H,21,22). The lowest BCUT2D eigenvalue weighted by atomic mass is 9.97. The third-order valence-electron chi connectivity index (χ3n) is 4.55. The average Bonchev–Trinajstić information content (AvgIpc) is 2.97. The molecule has 1 fully saturated rings. The van der Waals surface area contributed by atoms with Crippen LogP contribution in [0.15, 0.2) is 24.3 Å². The quantitative estimate of drug-likeness (QED) is 0.894. The number of aryl methyl sites for hydroxylation is 2. The van der Waals surface area contributed by atoms with Crippen LogP contribution in [-0.2, 0) is 0 Å². The second-order valence-corrected chi connectivity index (χ2v) is 5.94. The predicted molar refractivity (Wildman–Crippen MR) is 83.9 cm³/mol. The Balaban J connectivity index is 2.06. The molecule has 1 aliphatic heterocycles. The van der Waals surface area contributed by atoms with Gasteiger partial charge in [0, 0.05) is 23.2 Å². The van der Waals surface area contributed by atoms with Gasteiger partial charge in [-0.2, -0.15) is 0 Å². The molecule has 116 valence electrons. The van der Waals surface area contributed by atoms with Crippen LogP contribution >= 0.6 is 0 Å². The fourth-order valence-corrected chi connectivity index (χ4v) is 3.22. The number of aliphatic hydroxyl groups excluding tert-OH is 1. The number of hydrogen-bond donors (Lipinski definition) is 2. The van der Waals surface area contributed by atoms with Gasteiger partial charge in [0.2, 0.25) is 0 Å². The van der Waals surface area contributed by atoms with Crippen molar-refractivity contribution in [1.82, 2.24) is 9.88 Å². The molecule has 1 aromatic carbocycles. The first-order valence-corrected chi connectivity index (χ1v) is 7.53. The summed E-state index contributed by atoms with van der Waals surface area (Å²) in [7, 11) is 0. The zero-order valence-electron chi connectivity index (χ0n) is 12.8. The van der Waals surface area contributed by atoms with E-state index >= 15 is 0 Å². The lowest BCUT2D eigenvalue weighted by molar-refractivity contribution is 0.0684. The van der Waals surface area contributed by atoms with Crippen molar-refractivity contribution in [2.24, 2.45) is 0 Å². The van der Waals surface area contributed by atoms with Crippen LogP contribution in [-0.4, -0.2) is 38.8 Å². The van der Waals surface area contributed by atoms with Crippen LogP contribution in [0.4, 0.5) is 4.79 Å². The maximum Gasteiger partial charge on any atom is 0.407 e. The molecule has 2 aromatic rings. The molecule has 1 saturated heterocycles. The maximum absolute atomic E-state index is 11.3. The summed E-state index contributed by atoms with van der Waals surface area (Å²) in [5.74, 6) is 0. The van der Waals surface area contributed by atoms with Gasteiger partial charge >= 0.3 is 6.09 Å². The topological polar surface area (TPSA) is 73.7 Å². The molecule has 1 amide bonds. The van der Waals surface area contributed by atoms with Crippen LogP contribution < -0.4 is 0 Å². The number of carbonyl (C=O) groups is 1. The van der Waals surface area contributed by atoms with E-state index in [0.717, 1.165) is 28.6 Å². The van der Waals surface area contributed by atoms with Gasteiger partial charge < -0.3 is 15.1 Å². The minimum absolute atomic E-state index is 0.397. The summed E-state index contributed by atoms with van der Waals surface area (Å²) in [6.45, 7) is 4.43. The highest BCUT2D eigenvalue weighted by atomic mass is 16.4. The lowest BCUT2D eigenvalue weighted by Gasteiger charge is -2.27. The molecule has 1 aliphatic rings. The fourth-order valence-electron chi connectivity index (χ4n) is 3.22. The molecule has 22 heavy (non-hydrogen) atoms. The van der Waals surface area contributed by atoms with Crippen molar-refractivity contribution < 1.29 is 15.0 Å². The van der Waals surface area contributed by atoms with Gasteiger partial charge in [0.15, 0.2) is 0 Å². The molecule has 3 rings (SSSR count). The summed E-state index contributed by atoms with van der Waals surface area (Å²) in [4.78, 5) is 17.3. The van der Waals surface area contributed by atoms with Gasteiger partial charge in [0.25, 0.3) is 0 Å². The number of aromatic nitrogens is 1. The Morgan fingerprint density at radius 2 is 2.18 bits per heavy atom. The third-order valence-corrected chi connectivity index (χ3v) is 4.55. The Kier molecular flexibility index (Phi) is 3.74. The zero-order chi connectivity index (χ0) is 15.9. The summed E-state index contributed by atoms with van der Waals surface area (Å²) < 4.78 is 0. The molecule has 2 unspecified atom stereocenters. The number of hydrogen-bond acceptors (Lipinski definition) is 3. The normalized spacial score (nSPS) is 19.6. The Morgan fingerprint density at radius 1 is 1.41 bits per heavy atom. The molecule has 0 bridgehead atoms. The first kappa shape index (κ1) is 14.8. The molecule has 0 spiro atoms. The molecule has 5 nitrogen and oxygen atoms in total. The third kappa shape index (κ3) is 2.41. The van der Waals surface area contributed by atoms with Crippen LogP contribution in [0.25, 0.3) is 10.9 Å². The Morgan fingerprint density at radius 3 is 2.91 bits per heavy atom. The highest BCUT2D eigenvalue weighted by molar-refractivity contribution is 5.83. The smallest absolute Gasteiger partial charge is 0.407 e. The van der Waals surface area contributed by atoms with Crippen LogP contribution in [0.1, 0.15) is 35.8 Å². The fraction of sp³-hybridized carbons (Fsp3) is 0.412. The minimum atomic E-state index is -0.971. The van der Waals surface area contributed by atoms with Crippen LogP contribution in [0.3, 0.4) is 0 Å². The van der Waals surface area contributed by atoms with Crippen molar-refractivity contribution in [2.45, 2.75) is 38.8 Å². The highest BCUT2D eigenvalue weighted by Gasteiger charge is 2.35. The number of nitrogens with zero attached hydrogens (tertiary/aromatic N) is 2. The van der Waals surface area contributed by atoms with E-state index < -0.39 is 18.2 Å². The van der Waals surface area contributed by atoms with Gasteiger partial charge in [-0.05, 0) is 38.3 Å². The van der Waals surface area contributed by atoms with E-state index in [1.165, 1.54) is 4.90 Å². The number of rotatable bonds is 2. The predicted octanol–water partition coefficient (Wildman–Crippen LogP) is 3.03. The van der Waals surface area contributed by atoms with Crippen molar-refractivity contribution in [2.75, 3.05) is 6.54 Å². The molecule has 2 heterocycles. The van der Waals surface area contributed by atoms with Gasteiger partial charge in [-0.3, -0.25) is 4.98 Å². The van der Waals surface area contributed by atoms with E-state index in [1.54, 1.807) is 0 Å². The van der Waals surface area contributed by atoms with Crippen molar-refractivity contribution in [3.63, 3.8) is 0 Å². The number of amides is 1. The molecule has 0 radical (unpaired) electrons. The summed E-state index contributed by atoms with van der Waals surface area (Å²) in [6, 6.07) is 7.35. The number of benzene rings is 1. The monoisotopic (exact) mass is 300 g/mol. The number of likely N-dealkylation sites (tertiary alicyclic amines) is 1. The number of fused-ring (bicyclic) bond motifs is 1. The number of para-hydroxylation sites is 1. The molecule has 2 N–H and O–H groups in total. The SMILES string of the molecule is Cc1cc2cccc(C(O)C3CCCN3C(=O)O)c2nc1C. The van der Waals surface area contributed by atoms with E-state index in [1.807, 2.05) is 32.0 Å². The first-order valence-electron chi connectivity index (χ1n) is 7.53. The minimum Gasteiger partial charge on any atom is -0.465 e. The van der Waals surface area contributed by atoms with E-state index in [9.17, 15) is 15.0 Å². The largest absolute Gasteiger partial charge is 0.465 e. The first-order chi connectivity index (χ1) is 10.5. The van der Waals surface area contributed by atoms with Gasteiger partial charge in [0.1, 0.15) is 6.10 Å². The highest BCUT2D eigenvalue weighted by Crippen LogP contribution is 2.33. The summed E-state index contributed by atoms with van der Waals surface area (Å²) >= 11 is 0. The van der Waals surface area contributed by atoms with E-state index in [4.69, 9.17) is 0 Å². The van der Waals surface area contributed by atoms with Crippen molar-refractivity contribution in [1.29, 1.82) is 0 Å². The van der Waals surface area contributed by atoms with Crippen molar-refractivity contribution in [3.05, 3.63) is 41.1 Å². The molecule has 5 heteroatoms. The second kappa shape index (κ2) is 5.57. The number of aliphatic hydroxyl groups is 1. The van der Waals surface area contributed by atoms with Crippen LogP contribution in [0, 0.1) is 13.8 Å². The summed E-state index contributed by atoms with van der Waals surface area (Å²) in [5, 5.41) is 21.0. The molecular weight excluding hydrogens is 280 g/mol. The van der Waals surface area contributed by atoms with Crippen molar-refractivity contribution >= 4 is 17.0 Å². The lowest BCUT2D eigenvalue weighted by Crippen LogP contribution is -2.38. The van der Waals surface area contributed by atoms with Gasteiger partial charge in [-0.15, -0.1) is 0 Å². The van der Waals surface area contributed by atoms with Crippen LogP contribution in [0.5, 0.6) is 0 Å². The summed E-state index contributed by atoms with van der Waals surface area (Å²) in [5.41, 5.74) is 3.50. The van der Waals surface area contributed by atoms with Gasteiger partial charge in [-0.25, -0.2) is 4.79 Å². The second-order valence-electron chi connectivity index (χ2n) is 5.94. The summed E-state index contributed by atoms with van der Waals surface area (Å²) in [6.07, 6.45) is -0.363. The van der Waals surface area contributed by atoms with E-state index in [2.05, 4.69) is 11.1 Å².